The molecule has 0 aliphatic rings. The molecule has 82 valence electrons. The minimum absolute atomic E-state index is 0. The number of aromatic hydroxyl groups is 1. The van der Waals surface area contributed by atoms with Gasteiger partial charge in [0.05, 0.1) is 16.1 Å². The molecule has 0 saturated carbocycles. The summed E-state index contributed by atoms with van der Waals surface area (Å²) in [6.07, 6.45) is 4.92. The second kappa shape index (κ2) is 5.90. The van der Waals surface area contributed by atoms with Gasteiger partial charge in [0, 0.05) is 18.0 Å². The van der Waals surface area contributed by atoms with Gasteiger partial charge in [-0.25, -0.2) is 4.98 Å². The zero-order chi connectivity index (χ0) is 9.26. The number of thiazole rings is 1. The number of aromatic nitrogens is 2. The molecular weight excluding hydrogens is 255 g/mol. The first kappa shape index (κ1) is 14.2. The van der Waals surface area contributed by atoms with Crippen LogP contribution in [0.15, 0.2) is 24.7 Å². The Labute approximate surface area is 104 Å². The van der Waals surface area contributed by atoms with Crippen molar-refractivity contribution in [3.8, 4) is 16.2 Å². The number of hydrogen-bond acceptors (Lipinski definition) is 4. The lowest BCUT2D eigenvalue weighted by Crippen LogP contribution is -1.75. The maximum Gasteiger partial charge on any atom is 0.134 e. The van der Waals surface area contributed by atoms with E-state index in [1.54, 1.807) is 29.8 Å². The van der Waals surface area contributed by atoms with Crippen molar-refractivity contribution in [3.63, 3.8) is 0 Å². The Hall–Kier alpha value is -0.840. The average molecular weight is 265 g/mol. The van der Waals surface area contributed by atoms with Crippen LogP contribution in [0.25, 0.3) is 10.4 Å². The normalized spacial score (nSPS) is 8.87. The fourth-order valence-corrected chi connectivity index (χ4v) is 1.82. The lowest BCUT2D eigenvalue weighted by atomic mass is 10.2. The summed E-state index contributed by atoms with van der Waals surface area (Å²) in [5.74, 6) is 0.184. The summed E-state index contributed by atoms with van der Waals surface area (Å²) in [7, 11) is 0. The number of halogens is 2. The molecule has 2 aromatic rings. The van der Waals surface area contributed by atoms with Gasteiger partial charge in [0.25, 0.3) is 0 Å². The molecule has 0 amide bonds. The molecule has 0 spiro atoms. The average Bonchev–Trinajstić information content (AvgIpc) is 2.52. The molecule has 6 heteroatoms. The summed E-state index contributed by atoms with van der Waals surface area (Å²) in [5, 5.41) is 10.2. The molecule has 0 aromatic carbocycles. The fourth-order valence-electron chi connectivity index (χ4n) is 1.06. The van der Waals surface area contributed by atoms with E-state index >= 15 is 0 Å². The highest BCUT2D eigenvalue weighted by atomic mass is 35.5. The third kappa shape index (κ3) is 3.34. The minimum atomic E-state index is 0. The van der Waals surface area contributed by atoms with Crippen molar-refractivity contribution < 1.29 is 5.11 Å². The Morgan fingerprint density at radius 1 is 1.20 bits per heavy atom. The monoisotopic (exact) mass is 264 g/mol. The van der Waals surface area contributed by atoms with Crippen molar-refractivity contribution in [1.29, 1.82) is 0 Å². The Morgan fingerprint density at radius 3 is 2.47 bits per heavy atom. The lowest BCUT2D eigenvalue weighted by Gasteiger charge is -1.95. The Kier molecular flexibility index (Phi) is 5.57. The maximum atomic E-state index is 9.20. The van der Waals surface area contributed by atoms with Crippen molar-refractivity contribution in [3.05, 3.63) is 29.7 Å². The SMILES string of the molecule is Cc1ncc(-c2cncc(O)c2)s1.Cl.Cl. The van der Waals surface area contributed by atoms with Gasteiger partial charge in [-0.3, -0.25) is 4.98 Å². The van der Waals surface area contributed by atoms with E-state index in [2.05, 4.69) is 9.97 Å². The van der Waals surface area contributed by atoms with Crippen LogP contribution in [0.4, 0.5) is 0 Å². The van der Waals surface area contributed by atoms with Gasteiger partial charge >= 0.3 is 0 Å². The zero-order valence-corrected chi connectivity index (χ0v) is 10.3. The van der Waals surface area contributed by atoms with E-state index in [9.17, 15) is 5.11 Å². The van der Waals surface area contributed by atoms with Crippen LogP contribution in [-0.2, 0) is 0 Å². The number of hydrogen-bond donors (Lipinski definition) is 1. The van der Waals surface area contributed by atoms with Crippen molar-refractivity contribution in [1.82, 2.24) is 9.97 Å². The van der Waals surface area contributed by atoms with Gasteiger partial charge in [-0.05, 0) is 13.0 Å². The van der Waals surface area contributed by atoms with E-state index in [0.717, 1.165) is 15.4 Å². The van der Waals surface area contributed by atoms with Crippen molar-refractivity contribution in [2.24, 2.45) is 0 Å². The van der Waals surface area contributed by atoms with Gasteiger partial charge < -0.3 is 5.11 Å². The topological polar surface area (TPSA) is 46.0 Å². The Balaban J connectivity index is 0.000000980. The van der Waals surface area contributed by atoms with E-state index in [-0.39, 0.29) is 30.6 Å². The molecule has 3 nitrogen and oxygen atoms in total. The Bertz CT molecular complexity index is 434. The molecule has 0 aliphatic heterocycles. The van der Waals surface area contributed by atoms with Gasteiger partial charge in [-0.15, -0.1) is 36.2 Å². The van der Waals surface area contributed by atoms with Gasteiger partial charge in [0.2, 0.25) is 0 Å². The van der Waals surface area contributed by atoms with Crippen molar-refractivity contribution >= 4 is 36.2 Å². The first-order valence-electron chi connectivity index (χ1n) is 3.82. The molecule has 0 fully saturated rings. The molecule has 0 unspecified atom stereocenters. The van der Waals surface area contributed by atoms with Crippen molar-refractivity contribution in [2.45, 2.75) is 6.92 Å². The first-order chi connectivity index (χ1) is 6.25. The molecule has 2 rings (SSSR count). The van der Waals surface area contributed by atoms with Crippen molar-refractivity contribution in [2.75, 3.05) is 0 Å². The van der Waals surface area contributed by atoms with Crippen LogP contribution >= 0.6 is 36.2 Å². The van der Waals surface area contributed by atoms with Crippen LogP contribution < -0.4 is 0 Å². The molecule has 0 radical (unpaired) electrons. The van der Waals surface area contributed by atoms with Crippen LogP contribution in [0.5, 0.6) is 5.75 Å². The maximum absolute atomic E-state index is 9.20. The van der Waals surface area contributed by atoms with Crippen LogP contribution in [-0.4, -0.2) is 15.1 Å². The van der Waals surface area contributed by atoms with Crippen LogP contribution in [0.1, 0.15) is 5.01 Å². The first-order valence-corrected chi connectivity index (χ1v) is 4.64. The molecule has 15 heavy (non-hydrogen) atoms. The highest BCUT2D eigenvalue weighted by Gasteiger charge is 2.02. The highest BCUT2D eigenvalue weighted by molar-refractivity contribution is 7.15. The summed E-state index contributed by atoms with van der Waals surface area (Å²) >= 11 is 1.59. The molecule has 0 atom stereocenters. The third-order valence-corrected chi connectivity index (χ3v) is 2.59. The summed E-state index contributed by atoms with van der Waals surface area (Å²) in [6.45, 7) is 1.95. The molecule has 0 aliphatic carbocycles. The number of nitrogens with zero attached hydrogens (tertiary/aromatic N) is 2. The van der Waals surface area contributed by atoms with Crippen LogP contribution in [0.2, 0.25) is 0 Å². The van der Waals surface area contributed by atoms with E-state index < -0.39 is 0 Å². The molecule has 1 N–H and O–H groups in total. The Morgan fingerprint density at radius 2 is 1.93 bits per heavy atom. The fraction of sp³-hybridized carbons (Fsp3) is 0.111. The smallest absolute Gasteiger partial charge is 0.134 e. The molecule has 0 bridgehead atoms. The molecule has 0 saturated heterocycles. The van der Waals surface area contributed by atoms with E-state index in [0.29, 0.717) is 0 Å². The largest absolute Gasteiger partial charge is 0.506 e. The van der Waals surface area contributed by atoms with Gasteiger partial charge in [0.15, 0.2) is 0 Å². The molecule has 2 heterocycles. The van der Waals surface area contributed by atoms with Gasteiger partial charge in [-0.2, -0.15) is 0 Å². The second-order valence-electron chi connectivity index (χ2n) is 2.68. The third-order valence-electron chi connectivity index (χ3n) is 1.63. The van der Waals surface area contributed by atoms with Crippen LogP contribution in [0.3, 0.4) is 0 Å². The van der Waals surface area contributed by atoms with Crippen LogP contribution in [0, 0.1) is 6.92 Å². The highest BCUT2D eigenvalue weighted by Crippen LogP contribution is 2.26. The summed E-state index contributed by atoms with van der Waals surface area (Å²) in [6, 6.07) is 1.68. The zero-order valence-electron chi connectivity index (χ0n) is 7.88. The molecular formula is C9H10Cl2N2OS. The van der Waals surface area contributed by atoms with E-state index in [4.69, 9.17) is 0 Å². The van der Waals surface area contributed by atoms with Gasteiger partial charge in [0.1, 0.15) is 5.75 Å². The van der Waals surface area contributed by atoms with E-state index in [1.807, 2.05) is 6.92 Å². The number of rotatable bonds is 1. The summed E-state index contributed by atoms with van der Waals surface area (Å²) in [5.41, 5.74) is 0.908. The summed E-state index contributed by atoms with van der Waals surface area (Å²) in [4.78, 5) is 9.06. The lowest BCUT2D eigenvalue weighted by molar-refractivity contribution is 0.473. The van der Waals surface area contributed by atoms with Gasteiger partial charge in [-0.1, -0.05) is 0 Å². The minimum Gasteiger partial charge on any atom is -0.506 e. The predicted molar refractivity (Wildman–Crippen MR) is 66.2 cm³/mol. The predicted octanol–water partition coefficient (Wildman–Crippen LogP) is 3.06. The second-order valence-corrected chi connectivity index (χ2v) is 3.91. The quantitative estimate of drug-likeness (QED) is 0.861. The number of aryl methyl sites for hydroxylation is 1. The summed E-state index contributed by atoms with van der Waals surface area (Å²) < 4.78 is 0. The van der Waals surface area contributed by atoms with E-state index in [1.165, 1.54) is 6.20 Å². The standard InChI is InChI=1S/C9H8N2OS.2ClH/c1-6-11-5-9(13-6)7-2-8(12)4-10-3-7;;/h2-5,12H,1H3;2*1H. The molecule has 2 aromatic heterocycles. The number of pyridine rings is 1.